The van der Waals surface area contributed by atoms with Crippen LogP contribution < -0.4 is 0 Å². The van der Waals surface area contributed by atoms with Crippen molar-refractivity contribution in [2.24, 2.45) is 0 Å². The third-order valence-corrected chi connectivity index (χ3v) is 5.61. The molecule has 1 atom stereocenters. The lowest BCUT2D eigenvalue weighted by Gasteiger charge is -2.29. The minimum absolute atomic E-state index is 0.0281. The molecular weight excluding hydrogens is 330 g/mol. The van der Waals surface area contributed by atoms with E-state index in [0.29, 0.717) is 12.3 Å². The van der Waals surface area contributed by atoms with E-state index in [1.165, 1.54) is 11.8 Å². The van der Waals surface area contributed by atoms with Gasteiger partial charge in [-0.25, -0.2) is 0 Å². The molecule has 1 aliphatic heterocycles. The molecule has 1 unspecified atom stereocenters. The number of carbonyl (C=O) groups excluding carboxylic acids is 1. The lowest BCUT2D eigenvalue weighted by Crippen LogP contribution is -2.26. The van der Waals surface area contributed by atoms with Crippen molar-refractivity contribution >= 4 is 17.7 Å². The highest BCUT2D eigenvalue weighted by Gasteiger charge is 2.38. The largest absolute Gasteiger partial charge is 0.507 e. The number of thioether (sulfide) groups is 1. The summed E-state index contributed by atoms with van der Waals surface area (Å²) in [6, 6.07) is 3.95. The first-order chi connectivity index (χ1) is 11.4. The molecule has 1 fully saturated rings. The average Bonchev–Trinajstić information content (AvgIpc) is 2.73. The first-order valence-electron chi connectivity index (χ1n) is 8.53. The van der Waals surface area contributed by atoms with Crippen LogP contribution >= 0.6 is 11.8 Å². The highest BCUT2D eigenvalue weighted by atomic mass is 32.2. The number of rotatable bonds is 3. The van der Waals surface area contributed by atoms with Crippen LogP contribution in [-0.2, 0) is 15.6 Å². The normalized spacial score (nSPS) is 18.8. The third-order valence-electron chi connectivity index (χ3n) is 4.41. The smallest absolute Gasteiger partial charge is 0.245 e. The summed E-state index contributed by atoms with van der Waals surface area (Å²) in [7, 11) is 0. The molecule has 4 heteroatoms. The number of carbonyl (C=O) groups is 1. The Morgan fingerprint density at radius 1 is 1.16 bits per heavy atom. The molecule has 1 aliphatic rings. The molecule has 0 saturated carbocycles. The Labute approximate surface area is 155 Å². The van der Waals surface area contributed by atoms with Gasteiger partial charge >= 0.3 is 0 Å². The standard InChI is InChI=1S/C21H29NO2S/c1-9-10-22-13(2)25-18(19(22)24)14-11-15(20(3,4)5)17(23)16(12-14)21(6,7)8/h9,11-12,18,23H,1-2,10H2,3-8H3. The molecule has 0 aromatic heterocycles. The van der Waals surface area contributed by atoms with Gasteiger partial charge in [0.05, 0.1) is 5.03 Å². The van der Waals surface area contributed by atoms with Crippen LogP contribution in [0.1, 0.15) is 63.5 Å². The molecule has 1 N–H and O–H groups in total. The van der Waals surface area contributed by atoms with Crippen molar-refractivity contribution < 1.29 is 9.90 Å². The number of amides is 1. The SMILES string of the molecule is C=CCN1C(=C)SC(c2cc(C(C)(C)C)c(O)c(C(C)(C)C)c2)C1=O. The monoisotopic (exact) mass is 359 g/mol. The van der Waals surface area contributed by atoms with E-state index >= 15 is 0 Å². The number of phenols is 1. The van der Waals surface area contributed by atoms with Crippen molar-refractivity contribution in [3.8, 4) is 5.75 Å². The second-order valence-electron chi connectivity index (χ2n) is 8.59. The first-order valence-corrected chi connectivity index (χ1v) is 9.41. The van der Waals surface area contributed by atoms with Gasteiger partial charge in [-0.2, -0.15) is 0 Å². The maximum atomic E-state index is 12.8. The maximum absolute atomic E-state index is 12.8. The van der Waals surface area contributed by atoms with Crippen LogP contribution in [0.5, 0.6) is 5.75 Å². The Kier molecular flexibility index (Phi) is 5.16. The van der Waals surface area contributed by atoms with Gasteiger partial charge < -0.3 is 10.0 Å². The Balaban J connectivity index is 2.61. The van der Waals surface area contributed by atoms with Crippen molar-refractivity contribution in [2.45, 2.75) is 57.6 Å². The topological polar surface area (TPSA) is 40.5 Å². The van der Waals surface area contributed by atoms with Gasteiger partial charge in [0, 0.05) is 6.54 Å². The van der Waals surface area contributed by atoms with Crippen LogP contribution in [-0.4, -0.2) is 22.5 Å². The van der Waals surface area contributed by atoms with Crippen LogP contribution in [0.25, 0.3) is 0 Å². The van der Waals surface area contributed by atoms with Crippen molar-refractivity contribution in [1.82, 2.24) is 4.90 Å². The van der Waals surface area contributed by atoms with E-state index in [1.807, 2.05) is 12.1 Å². The van der Waals surface area contributed by atoms with E-state index in [9.17, 15) is 9.90 Å². The van der Waals surface area contributed by atoms with E-state index in [1.54, 1.807) is 11.0 Å². The van der Waals surface area contributed by atoms with E-state index in [4.69, 9.17) is 0 Å². The van der Waals surface area contributed by atoms with Gasteiger partial charge in [-0.15, -0.1) is 6.58 Å². The number of benzene rings is 1. The number of hydrogen-bond donors (Lipinski definition) is 1. The first kappa shape index (κ1) is 19.6. The molecule has 0 spiro atoms. The molecule has 136 valence electrons. The average molecular weight is 360 g/mol. The van der Waals surface area contributed by atoms with Gasteiger partial charge in [-0.3, -0.25) is 4.79 Å². The summed E-state index contributed by atoms with van der Waals surface area (Å²) in [4.78, 5) is 14.5. The minimum Gasteiger partial charge on any atom is -0.507 e. The molecule has 0 bridgehead atoms. The summed E-state index contributed by atoms with van der Waals surface area (Å²) in [5.41, 5.74) is 2.23. The molecule has 1 aromatic rings. The van der Waals surface area contributed by atoms with Crippen molar-refractivity contribution in [3.05, 3.63) is 53.1 Å². The zero-order valence-electron chi connectivity index (χ0n) is 16.1. The van der Waals surface area contributed by atoms with Crippen LogP contribution in [0.2, 0.25) is 0 Å². The summed E-state index contributed by atoms with van der Waals surface area (Å²) in [5, 5.41) is 11.3. The fourth-order valence-electron chi connectivity index (χ4n) is 3.00. The number of aromatic hydroxyl groups is 1. The Bertz CT molecular complexity index is 687. The van der Waals surface area contributed by atoms with E-state index < -0.39 is 0 Å². The van der Waals surface area contributed by atoms with Crippen molar-refractivity contribution in [1.29, 1.82) is 0 Å². The lowest BCUT2D eigenvalue weighted by molar-refractivity contribution is -0.127. The van der Waals surface area contributed by atoms with Crippen LogP contribution in [0.4, 0.5) is 0 Å². The molecule has 1 aromatic carbocycles. The number of nitrogens with zero attached hydrogens (tertiary/aromatic N) is 1. The van der Waals surface area contributed by atoms with E-state index in [2.05, 4.69) is 54.7 Å². The Morgan fingerprint density at radius 3 is 2.04 bits per heavy atom. The Hall–Kier alpha value is -1.68. The van der Waals surface area contributed by atoms with Crippen LogP contribution in [0, 0.1) is 0 Å². The summed E-state index contributed by atoms with van der Waals surface area (Å²) in [6.07, 6.45) is 1.71. The van der Waals surface area contributed by atoms with Gasteiger partial charge in [-0.05, 0) is 39.7 Å². The zero-order chi connectivity index (χ0) is 19.2. The summed E-state index contributed by atoms with van der Waals surface area (Å²) >= 11 is 1.47. The molecule has 0 radical (unpaired) electrons. The fourth-order valence-corrected chi connectivity index (χ4v) is 4.06. The number of hydrogen-bond acceptors (Lipinski definition) is 3. The quantitative estimate of drug-likeness (QED) is 0.748. The van der Waals surface area contributed by atoms with Crippen LogP contribution in [0.15, 0.2) is 36.4 Å². The molecule has 25 heavy (non-hydrogen) atoms. The second kappa shape index (κ2) is 6.56. The van der Waals surface area contributed by atoms with E-state index in [-0.39, 0.29) is 22.0 Å². The van der Waals surface area contributed by atoms with Gasteiger partial charge in [-0.1, -0.05) is 66.0 Å². The molecular formula is C21H29NO2S. The van der Waals surface area contributed by atoms with Gasteiger partial charge in [0.2, 0.25) is 5.91 Å². The maximum Gasteiger partial charge on any atom is 0.245 e. The molecule has 1 saturated heterocycles. The van der Waals surface area contributed by atoms with Crippen molar-refractivity contribution in [2.75, 3.05) is 6.54 Å². The fraction of sp³-hybridized carbons (Fsp3) is 0.476. The molecule has 3 nitrogen and oxygen atoms in total. The molecule has 1 amide bonds. The second-order valence-corrected chi connectivity index (χ2v) is 9.77. The predicted molar refractivity (Wildman–Crippen MR) is 107 cm³/mol. The molecule has 2 rings (SSSR count). The summed E-state index contributed by atoms with van der Waals surface area (Å²) in [5.74, 6) is 0.362. The highest BCUT2D eigenvalue weighted by molar-refractivity contribution is 8.04. The Morgan fingerprint density at radius 2 is 1.64 bits per heavy atom. The molecule has 0 aliphatic carbocycles. The van der Waals surface area contributed by atoms with E-state index in [0.717, 1.165) is 21.7 Å². The van der Waals surface area contributed by atoms with Gasteiger partial charge in [0.1, 0.15) is 11.0 Å². The predicted octanol–water partition coefficient (Wildman–Crippen LogP) is 5.26. The van der Waals surface area contributed by atoms with Crippen molar-refractivity contribution in [3.63, 3.8) is 0 Å². The molecule has 1 heterocycles. The highest BCUT2D eigenvalue weighted by Crippen LogP contribution is 2.48. The zero-order valence-corrected chi connectivity index (χ0v) is 17.0. The van der Waals surface area contributed by atoms with Crippen LogP contribution in [0.3, 0.4) is 0 Å². The summed E-state index contributed by atoms with van der Waals surface area (Å²) in [6.45, 7) is 20.6. The van der Waals surface area contributed by atoms with Gasteiger partial charge in [0.15, 0.2) is 0 Å². The third kappa shape index (κ3) is 3.79. The lowest BCUT2D eigenvalue weighted by atomic mass is 9.78. The summed E-state index contributed by atoms with van der Waals surface area (Å²) < 4.78 is 0. The van der Waals surface area contributed by atoms with Gasteiger partial charge in [0.25, 0.3) is 0 Å². The minimum atomic E-state index is -0.324. The number of phenolic OH excluding ortho intramolecular Hbond substituents is 1.